The highest BCUT2D eigenvalue weighted by Gasteiger charge is 2.37. The molecule has 0 saturated heterocycles. The number of carboxylic acids is 1. The second-order valence-electron chi connectivity index (χ2n) is 12.5. The maximum Gasteiger partial charge on any atom is 0.329 e. The lowest BCUT2D eigenvalue weighted by molar-refractivity contribution is -0.147. The SMILES string of the molecule is CCC(CC)(c1ccc(/C=C/C(O)(CC)C(C)(C)C)c(C)c1)c1ccc(C(=O)N(C)C(C)(C)C(=O)O)c(C)c1. The van der Waals surface area contributed by atoms with Crippen LogP contribution in [0.25, 0.3) is 6.08 Å². The van der Waals surface area contributed by atoms with Crippen LogP contribution in [0.2, 0.25) is 0 Å². The van der Waals surface area contributed by atoms with Gasteiger partial charge in [-0.1, -0.05) is 84.0 Å². The van der Waals surface area contributed by atoms with Crippen molar-refractivity contribution in [1.82, 2.24) is 4.90 Å². The molecule has 2 rings (SSSR count). The summed E-state index contributed by atoms with van der Waals surface area (Å²) in [5, 5.41) is 20.7. The largest absolute Gasteiger partial charge is 0.480 e. The van der Waals surface area contributed by atoms with E-state index in [0.29, 0.717) is 12.0 Å². The molecule has 1 atom stereocenters. The van der Waals surface area contributed by atoms with Gasteiger partial charge in [0.25, 0.3) is 5.91 Å². The van der Waals surface area contributed by atoms with Crippen molar-refractivity contribution < 1.29 is 19.8 Å². The van der Waals surface area contributed by atoms with Crippen LogP contribution in [0.1, 0.15) is 113 Å². The molecule has 0 saturated carbocycles. The Labute approximate surface area is 235 Å². The minimum Gasteiger partial charge on any atom is -0.480 e. The van der Waals surface area contributed by atoms with E-state index in [9.17, 15) is 19.8 Å². The number of benzene rings is 2. The van der Waals surface area contributed by atoms with Crippen LogP contribution in [0, 0.1) is 19.3 Å². The van der Waals surface area contributed by atoms with E-state index in [2.05, 4.69) is 65.8 Å². The van der Waals surface area contributed by atoms with E-state index in [1.807, 2.05) is 38.1 Å². The van der Waals surface area contributed by atoms with E-state index in [1.165, 1.54) is 31.4 Å². The summed E-state index contributed by atoms with van der Waals surface area (Å²) in [6.07, 6.45) is 6.38. The highest BCUT2D eigenvalue weighted by molar-refractivity contribution is 5.98. The summed E-state index contributed by atoms with van der Waals surface area (Å²) in [6, 6.07) is 12.5. The second kappa shape index (κ2) is 11.7. The standard InChI is InChI=1S/C34H49NO4/c1-12-33(13-2,26-16-15-25(23(4)21-26)19-20-34(39,14-3)31(6,7)8)27-17-18-28(24(5)22-27)29(36)35(11)32(9,10)30(37)38/h15-22,39H,12-14H2,1-11H3,(H,37,38)/b20-19+. The first-order chi connectivity index (χ1) is 17.9. The predicted octanol–water partition coefficient (Wildman–Crippen LogP) is 7.55. The molecule has 1 amide bonds. The zero-order valence-corrected chi connectivity index (χ0v) is 25.9. The Morgan fingerprint density at radius 2 is 1.36 bits per heavy atom. The number of hydrogen-bond donors (Lipinski definition) is 2. The molecular formula is C34H49NO4. The molecule has 5 nitrogen and oxygen atoms in total. The Kier molecular flexibility index (Phi) is 9.67. The zero-order valence-electron chi connectivity index (χ0n) is 25.9. The molecule has 0 fully saturated rings. The lowest BCUT2D eigenvalue weighted by Crippen LogP contribution is -2.50. The van der Waals surface area contributed by atoms with Crippen molar-refractivity contribution in [2.45, 2.75) is 105 Å². The summed E-state index contributed by atoms with van der Waals surface area (Å²) in [6.45, 7) is 19.6. The van der Waals surface area contributed by atoms with Gasteiger partial charge in [-0.2, -0.15) is 0 Å². The van der Waals surface area contributed by atoms with E-state index in [4.69, 9.17) is 0 Å². The number of nitrogens with zero attached hydrogens (tertiary/aromatic N) is 1. The third-order valence-electron chi connectivity index (χ3n) is 9.08. The Hall–Kier alpha value is -2.92. The summed E-state index contributed by atoms with van der Waals surface area (Å²) >= 11 is 0. The normalized spacial score (nSPS) is 14.4. The van der Waals surface area contributed by atoms with Gasteiger partial charge in [0.1, 0.15) is 5.54 Å². The van der Waals surface area contributed by atoms with E-state index in [0.717, 1.165) is 35.1 Å². The van der Waals surface area contributed by atoms with Crippen LogP contribution in [-0.4, -0.2) is 45.2 Å². The molecule has 0 aliphatic heterocycles. The molecule has 0 bridgehead atoms. The number of carboxylic acid groups (broad SMARTS) is 1. The van der Waals surface area contributed by atoms with E-state index >= 15 is 0 Å². The minimum absolute atomic E-state index is 0.235. The summed E-state index contributed by atoms with van der Waals surface area (Å²) in [5.74, 6) is -1.35. The van der Waals surface area contributed by atoms with E-state index in [-0.39, 0.29) is 16.7 Å². The van der Waals surface area contributed by atoms with Gasteiger partial charge in [0, 0.05) is 18.0 Å². The van der Waals surface area contributed by atoms with Crippen LogP contribution in [-0.2, 0) is 10.2 Å². The molecule has 0 spiro atoms. The van der Waals surface area contributed by atoms with Crippen molar-refractivity contribution in [2.24, 2.45) is 5.41 Å². The topological polar surface area (TPSA) is 77.8 Å². The smallest absolute Gasteiger partial charge is 0.329 e. The number of aliphatic carboxylic acids is 1. The molecule has 214 valence electrons. The second-order valence-corrected chi connectivity index (χ2v) is 12.5. The Bertz CT molecular complexity index is 1230. The van der Waals surface area contributed by atoms with Crippen LogP contribution < -0.4 is 0 Å². The lowest BCUT2D eigenvalue weighted by Gasteiger charge is -2.37. The first-order valence-electron chi connectivity index (χ1n) is 14.1. The van der Waals surface area contributed by atoms with Gasteiger partial charge in [0.05, 0.1) is 5.60 Å². The number of aliphatic hydroxyl groups is 1. The molecule has 1 unspecified atom stereocenters. The molecule has 5 heteroatoms. The van der Waals surface area contributed by atoms with Crippen molar-refractivity contribution in [1.29, 1.82) is 0 Å². The maximum absolute atomic E-state index is 13.2. The quantitative estimate of drug-likeness (QED) is 0.329. The third kappa shape index (κ3) is 6.14. The van der Waals surface area contributed by atoms with Gasteiger partial charge in [-0.15, -0.1) is 0 Å². The van der Waals surface area contributed by atoms with Gasteiger partial charge >= 0.3 is 5.97 Å². The maximum atomic E-state index is 13.2. The molecule has 0 radical (unpaired) electrons. The Morgan fingerprint density at radius 3 is 1.77 bits per heavy atom. The summed E-state index contributed by atoms with van der Waals surface area (Å²) < 4.78 is 0. The summed E-state index contributed by atoms with van der Waals surface area (Å²) in [5.41, 5.74) is 3.20. The highest BCUT2D eigenvalue weighted by Crippen LogP contribution is 2.41. The van der Waals surface area contributed by atoms with Gasteiger partial charge in [-0.3, -0.25) is 4.79 Å². The molecule has 39 heavy (non-hydrogen) atoms. The molecule has 0 heterocycles. The van der Waals surface area contributed by atoms with Crippen LogP contribution in [0.5, 0.6) is 0 Å². The number of hydrogen-bond acceptors (Lipinski definition) is 3. The number of carbonyl (C=O) groups is 2. The first kappa shape index (κ1) is 32.3. The van der Waals surface area contributed by atoms with Gasteiger partial charge in [0.2, 0.25) is 0 Å². The first-order valence-corrected chi connectivity index (χ1v) is 14.1. The average Bonchev–Trinajstić information content (AvgIpc) is 2.87. The Balaban J connectivity index is 2.51. The number of amides is 1. The van der Waals surface area contributed by atoms with Crippen molar-refractivity contribution in [2.75, 3.05) is 7.05 Å². The van der Waals surface area contributed by atoms with Crippen LogP contribution in [0.4, 0.5) is 0 Å². The van der Waals surface area contributed by atoms with Gasteiger partial charge in [-0.25, -0.2) is 4.79 Å². The van der Waals surface area contributed by atoms with Crippen molar-refractivity contribution in [3.63, 3.8) is 0 Å². The summed E-state index contributed by atoms with van der Waals surface area (Å²) in [7, 11) is 1.54. The van der Waals surface area contributed by atoms with E-state index in [1.54, 1.807) is 0 Å². The number of rotatable bonds is 10. The van der Waals surface area contributed by atoms with Crippen molar-refractivity contribution >= 4 is 18.0 Å². The fourth-order valence-electron chi connectivity index (χ4n) is 5.30. The van der Waals surface area contributed by atoms with Crippen LogP contribution >= 0.6 is 0 Å². The predicted molar refractivity (Wildman–Crippen MR) is 161 cm³/mol. The van der Waals surface area contributed by atoms with Gasteiger partial charge < -0.3 is 15.1 Å². The monoisotopic (exact) mass is 535 g/mol. The fourth-order valence-corrected chi connectivity index (χ4v) is 5.30. The number of carbonyl (C=O) groups excluding carboxylic acids is 1. The van der Waals surface area contributed by atoms with Gasteiger partial charge in [0.15, 0.2) is 0 Å². The third-order valence-corrected chi connectivity index (χ3v) is 9.08. The molecule has 0 aliphatic rings. The molecule has 0 aromatic heterocycles. The molecular weight excluding hydrogens is 486 g/mol. The zero-order chi connectivity index (χ0) is 30.0. The Morgan fingerprint density at radius 1 is 0.846 bits per heavy atom. The van der Waals surface area contributed by atoms with Crippen LogP contribution in [0.15, 0.2) is 42.5 Å². The minimum atomic E-state index is -1.31. The lowest BCUT2D eigenvalue weighted by atomic mass is 9.69. The molecule has 2 N–H and O–H groups in total. The molecule has 2 aromatic rings. The fraction of sp³-hybridized carbons (Fsp3) is 0.529. The molecule has 2 aromatic carbocycles. The molecule has 0 aliphatic carbocycles. The average molecular weight is 536 g/mol. The number of likely N-dealkylation sites (N-methyl/N-ethyl adjacent to an activating group) is 1. The van der Waals surface area contributed by atoms with Crippen molar-refractivity contribution in [3.05, 3.63) is 75.9 Å². The van der Waals surface area contributed by atoms with Crippen molar-refractivity contribution in [3.8, 4) is 0 Å². The van der Waals surface area contributed by atoms with Crippen LogP contribution in [0.3, 0.4) is 0 Å². The number of aryl methyl sites for hydroxylation is 2. The van der Waals surface area contributed by atoms with E-state index < -0.39 is 17.1 Å². The highest BCUT2D eigenvalue weighted by atomic mass is 16.4. The summed E-state index contributed by atoms with van der Waals surface area (Å²) in [4.78, 5) is 26.2. The van der Waals surface area contributed by atoms with Gasteiger partial charge in [-0.05, 0) is 86.3 Å².